The molecular weight excluding hydrogens is 484 g/mol. The van der Waals surface area contributed by atoms with Gasteiger partial charge in [0.15, 0.2) is 0 Å². The van der Waals surface area contributed by atoms with Crippen molar-refractivity contribution in [1.29, 1.82) is 0 Å². The summed E-state index contributed by atoms with van der Waals surface area (Å²) in [6.45, 7) is 4.70. The number of nitrogens with zero attached hydrogens (tertiary/aromatic N) is 4. The number of aromatic nitrogens is 2. The first-order valence-corrected chi connectivity index (χ1v) is 13.0. The van der Waals surface area contributed by atoms with E-state index in [9.17, 15) is 4.79 Å². The number of aliphatic hydroxyl groups is 1. The molecule has 2 aliphatic rings. The second kappa shape index (κ2) is 12.1. The zero-order valence-electron chi connectivity index (χ0n) is 21.4. The Labute approximate surface area is 222 Å². The van der Waals surface area contributed by atoms with Crippen LogP contribution in [0.1, 0.15) is 12.8 Å². The summed E-state index contributed by atoms with van der Waals surface area (Å²) in [5.41, 5.74) is 10.6. The molecule has 0 radical (unpaired) electrons. The van der Waals surface area contributed by atoms with Crippen LogP contribution in [0.2, 0.25) is 0 Å². The number of aliphatic hydroxyl groups excluding tert-OH is 1. The van der Waals surface area contributed by atoms with E-state index < -0.39 is 6.61 Å². The minimum Gasteiger partial charge on any atom is -0.491 e. The van der Waals surface area contributed by atoms with E-state index in [4.69, 9.17) is 20.3 Å². The highest BCUT2D eigenvalue weighted by Gasteiger charge is 2.23. The molecule has 0 spiro atoms. The zero-order valence-corrected chi connectivity index (χ0v) is 21.4. The molecule has 3 aromatic rings. The second-order valence-electron chi connectivity index (χ2n) is 9.58. The quantitative estimate of drug-likeness (QED) is 0.386. The smallest absolute Gasteiger partial charge is 0.248 e. The molecule has 4 N–H and O–H groups in total. The fourth-order valence-electron chi connectivity index (χ4n) is 4.78. The molecule has 0 bridgehead atoms. The number of hydrogen-bond acceptors (Lipinski definition) is 9. The molecule has 0 aliphatic carbocycles. The van der Waals surface area contributed by atoms with Gasteiger partial charge in [0.2, 0.25) is 11.9 Å². The van der Waals surface area contributed by atoms with Crippen molar-refractivity contribution in [2.45, 2.75) is 12.8 Å². The van der Waals surface area contributed by atoms with Crippen LogP contribution in [-0.2, 0) is 9.53 Å². The number of likely N-dealkylation sites (tertiary alicyclic amines) is 1. The molecule has 2 aliphatic heterocycles. The Kier molecular flexibility index (Phi) is 8.20. The third-order valence-corrected chi connectivity index (χ3v) is 7.04. The Balaban J connectivity index is 1.17. The van der Waals surface area contributed by atoms with Gasteiger partial charge in [0, 0.05) is 49.3 Å². The number of piperidine rings is 1. The van der Waals surface area contributed by atoms with Crippen LogP contribution in [0.3, 0.4) is 0 Å². The summed E-state index contributed by atoms with van der Waals surface area (Å²) in [7, 11) is 0. The van der Waals surface area contributed by atoms with Gasteiger partial charge >= 0.3 is 0 Å². The van der Waals surface area contributed by atoms with E-state index in [0.717, 1.165) is 56.1 Å². The first-order valence-electron chi connectivity index (χ1n) is 13.0. The number of morpholine rings is 1. The average molecular weight is 519 g/mol. The molecule has 3 heterocycles. The lowest BCUT2D eigenvalue weighted by Crippen LogP contribution is -2.41. The molecule has 10 heteroatoms. The Morgan fingerprint density at radius 1 is 1.08 bits per heavy atom. The number of nitrogen functional groups attached to an aromatic ring is 1. The van der Waals surface area contributed by atoms with Gasteiger partial charge in [-0.2, -0.15) is 0 Å². The Morgan fingerprint density at radius 3 is 2.55 bits per heavy atom. The third-order valence-electron chi connectivity index (χ3n) is 7.04. The summed E-state index contributed by atoms with van der Waals surface area (Å²) >= 11 is 0. The summed E-state index contributed by atoms with van der Waals surface area (Å²) < 4.78 is 11.4. The molecule has 0 atom stereocenters. The largest absolute Gasteiger partial charge is 0.491 e. The standard InChI is InChI=1S/C28H34N6O4/c29-24-17-21(1-6-26(24)38-19-20-8-11-34(12-9-20)27(36)18-35)25-7-10-30-28(32-25)31-22-2-4-23(5-3-22)33-13-15-37-16-14-33/h1-7,10,17,20,35H,8-9,11-16,18-19,29H2,(H,30,31,32). The van der Waals surface area contributed by atoms with Crippen LogP contribution in [0, 0.1) is 5.92 Å². The lowest BCUT2D eigenvalue weighted by Gasteiger charge is -2.31. The second-order valence-corrected chi connectivity index (χ2v) is 9.58. The van der Waals surface area contributed by atoms with Gasteiger partial charge in [-0.15, -0.1) is 0 Å². The van der Waals surface area contributed by atoms with Gasteiger partial charge in [0.25, 0.3) is 0 Å². The highest BCUT2D eigenvalue weighted by molar-refractivity contribution is 5.77. The highest BCUT2D eigenvalue weighted by atomic mass is 16.5. The fourth-order valence-corrected chi connectivity index (χ4v) is 4.78. The van der Waals surface area contributed by atoms with Gasteiger partial charge in [0.1, 0.15) is 12.4 Å². The van der Waals surface area contributed by atoms with Gasteiger partial charge in [0.05, 0.1) is 31.2 Å². The van der Waals surface area contributed by atoms with Gasteiger partial charge < -0.3 is 35.4 Å². The van der Waals surface area contributed by atoms with Crippen molar-refractivity contribution in [3.63, 3.8) is 0 Å². The van der Waals surface area contributed by atoms with E-state index in [2.05, 4.69) is 32.3 Å². The number of anilines is 4. The molecule has 2 aromatic carbocycles. The van der Waals surface area contributed by atoms with Gasteiger partial charge in [-0.25, -0.2) is 9.97 Å². The normalized spacial score (nSPS) is 16.3. The van der Waals surface area contributed by atoms with E-state index in [1.807, 2.05) is 36.4 Å². The molecule has 200 valence electrons. The van der Waals surface area contributed by atoms with Crippen molar-refractivity contribution in [1.82, 2.24) is 14.9 Å². The number of carbonyl (C=O) groups excluding carboxylic acids is 1. The van der Waals surface area contributed by atoms with E-state index in [0.29, 0.717) is 43.0 Å². The minimum atomic E-state index is -0.434. The SMILES string of the molecule is Nc1cc(-c2ccnc(Nc3ccc(N4CCOCC4)cc3)n2)ccc1OCC1CCN(C(=O)CO)CC1. The maximum Gasteiger partial charge on any atom is 0.248 e. The third kappa shape index (κ3) is 6.32. The Hall–Kier alpha value is -3.89. The maximum absolute atomic E-state index is 11.6. The van der Waals surface area contributed by atoms with Crippen LogP contribution < -0.4 is 20.7 Å². The van der Waals surface area contributed by atoms with Crippen molar-refractivity contribution < 1.29 is 19.4 Å². The van der Waals surface area contributed by atoms with Gasteiger partial charge in [-0.05, 0) is 67.3 Å². The lowest BCUT2D eigenvalue weighted by atomic mass is 9.98. The average Bonchev–Trinajstić information content (AvgIpc) is 2.97. The predicted molar refractivity (Wildman–Crippen MR) is 147 cm³/mol. The molecule has 10 nitrogen and oxygen atoms in total. The first kappa shape index (κ1) is 25.7. The van der Waals surface area contributed by atoms with Crippen molar-refractivity contribution in [2.75, 3.05) is 68.6 Å². The monoisotopic (exact) mass is 518 g/mol. The molecule has 2 saturated heterocycles. The number of rotatable bonds is 8. The van der Waals surface area contributed by atoms with E-state index in [1.165, 1.54) is 5.69 Å². The molecule has 5 rings (SSSR count). The molecule has 38 heavy (non-hydrogen) atoms. The number of carbonyl (C=O) groups is 1. The Morgan fingerprint density at radius 2 is 1.84 bits per heavy atom. The summed E-state index contributed by atoms with van der Waals surface area (Å²) in [6, 6.07) is 15.8. The molecule has 0 unspecified atom stereocenters. The van der Waals surface area contributed by atoms with Crippen molar-refractivity contribution in [2.24, 2.45) is 5.92 Å². The predicted octanol–water partition coefficient (Wildman–Crippen LogP) is 2.92. The van der Waals surface area contributed by atoms with Crippen LogP contribution in [0.25, 0.3) is 11.3 Å². The summed E-state index contributed by atoms with van der Waals surface area (Å²) in [6.07, 6.45) is 3.41. The minimum absolute atomic E-state index is 0.214. The number of hydrogen-bond donors (Lipinski definition) is 3. The van der Waals surface area contributed by atoms with Crippen molar-refractivity contribution >= 4 is 28.9 Å². The summed E-state index contributed by atoms with van der Waals surface area (Å²) in [5.74, 6) is 1.27. The van der Waals surface area contributed by atoms with Crippen LogP contribution in [0.15, 0.2) is 54.7 Å². The van der Waals surface area contributed by atoms with Crippen LogP contribution in [0.5, 0.6) is 5.75 Å². The molecule has 2 fully saturated rings. The molecule has 1 amide bonds. The topological polar surface area (TPSA) is 126 Å². The number of benzene rings is 2. The Bertz CT molecular complexity index is 1220. The van der Waals surface area contributed by atoms with Crippen LogP contribution >= 0.6 is 0 Å². The molecule has 0 saturated carbocycles. The molecular formula is C28H34N6O4. The number of nitrogens with one attached hydrogen (secondary N) is 1. The highest BCUT2D eigenvalue weighted by Crippen LogP contribution is 2.30. The number of ether oxygens (including phenoxy) is 2. The number of nitrogens with two attached hydrogens (primary N) is 1. The van der Waals surface area contributed by atoms with Crippen LogP contribution in [0.4, 0.5) is 23.0 Å². The first-order chi connectivity index (χ1) is 18.6. The van der Waals surface area contributed by atoms with Crippen molar-refractivity contribution in [3.8, 4) is 17.0 Å². The van der Waals surface area contributed by atoms with Gasteiger partial charge in [-0.3, -0.25) is 4.79 Å². The zero-order chi connectivity index (χ0) is 26.3. The molecule has 1 aromatic heterocycles. The van der Waals surface area contributed by atoms with Gasteiger partial charge in [-0.1, -0.05) is 0 Å². The fraction of sp³-hybridized carbons (Fsp3) is 0.393. The van der Waals surface area contributed by atoms with E-state index in [1.54, 1.807) is 11.1 Å². The van der Waals surface area contributed by atoms with Crippen LogP contribution in [-0.4, -0.2) is 78.5 Å². The summed E-state index contributed by atoms with van der Waals surface area (Å²) in [5, 5.41) is 12.3. The maximum atomic E-state index is 11.6. The lowest BCUT2D eigenvalue weighted by molar-refractivity contribution is -0.135. The van der Waals surface area contributed by atoms with E-state index in [-0.39, 0.29) is 5.91 Å². The van der Waals surface area contributed by atoms with Crippen molar-refractivity contribution in [3.05, 3.63) is 54.7 Å². The number of amides is 1. The van der Waals surface area contributed by atoms with E-state index >= 15 is 0 Å². The summed E-state index contributed by atoms with van der Waals surface area (Å²) in [4.78, 5) is 24.7.